The van der Waals surface area contributed by atoms with Gasteiger partial charge in [0.2, 0.25) is 5.91 Å². The molecule has 3 amide bonds. The number of nitrogens with zero attached hydrogens (tertiary/aromatic N) is 1. The molecule has 0 radical (unpaired) electrons. The molecule has 3 N–H and O–H groups in total. The highest BCUT2D eigenvalue weighted by Gasteiger charge is 2.16. The lowest BCUT2D eigenvalue weighted by Crippen LogP contribution is -2.30. The van der Waals surface area contributed by atoms with E-state index in [1.54, 1.807) is 55.7 Å². The van der Waals surface area contributed by atoms with E-state index in [0.29, 0.717) is 16.4 Å². The van der Waals surface area contributed by atoms with Crippen molar-refractivity contribution in [1.29, 1.82) is 0 Å². The lowest BCUT2D eigenvalue weighted by Gasteiger charge is -2.12. The highest BCUT2D eigenvalue weighted by molar-refractivity contribution is 8.00. The van der Waals surface area contributed by atoms with Crippen molar-refractivity contribution in [2.75, 3.05) is 23.5 Å². The maximum Gasteiger partial charge on any atom is 0.272 e. The van der Waals surface area contributed by atoms with Gasteiger partial charge in [0.25, 0.3) is 11.8 Å². The third-order valence-electron chi connectivity index (χ3n) is 7.16. The van der Waals surface area contributed by atoms with E-state index in [1.807, 2.05) is 84.9 Å². The van der Waals surface area contributed by atoms with Gasteiger partial charge in [-0.15, -0.1) is 11.8 Å². The quantitative estimate of drug-likeness (QED) is 0.0949. The summed E-state index contributed by atoms with van der Waals surface area (Å²) in [7, 11) is 1.61. The molecule has 0 bridgehead atoms. The highest BCUT2D eigenvalue weighted by Crippen LogP contribution is 2.30. The number of hydrogen-bond acceptors (Lipinski definition) is 7. The molecule has 1 aromatic heterocycles. The minimum absolute atomic E-state index is 0.0854. The number of hydrogen-bond donors (Lipinski definition) is 3. The van der Waals surface area contributed by atoms with Crippen LogP contribution in [-0.2, 0) is 9.59 Å². The molecular formula is C38H30N4O4S2. The van der Waals surface area contributed by atoms with Gasteiger partial charge >= 0.3 is 0 Å². The minimum Gasteiger partial charge on any atom is -0.497 e. The fourth-order valence-electron chi connectivity index (χ4n) is 4.76. The number of aromatic nitrogens is 1. The first kappa shape index (κ1) is 32.2. The number of nitrogens with one attached hydrogen (secondary N) is 3. The molecule has 0 saturated heterocycles. The fourth-order valence-corrected chi connectivity index (χ4v) is 6.43. The van der Waals surface area contributed by atoms with Crippen LogP contribution in [0.25, 0.3) is 27.4 Å². The molecule has 0 saturated carbocycles. The molecule has 1 heterocycles. The first-order chi connectivity index (χ1) is 23.4. The highest BCUT2D eigenvalue weighted by atomic mass is 32.2. The molecule has 0 spiro atoms. The van der Waals surface area contributed by atoms with Crippen LogP contribution >= 0.6 is 23.1 Å². The number of fused-ring (bicyclic) bond motifs is 1. The van der Waals surface area contributed by atoms with Gasteiger partial charge in [0, 0.05) is 16.1 Å². The number of amides is 3. The van der Waals surface area contributed by atoms with Gasteiger partial charge in [0.1, 0.15) is 11.4 Å². The van der Waals surface area contributed by atoms with E-state index in [4.69, 9.17) is 4.74 Å². The predicted molar refractivity (Wildman–Crippen MR) is 194 cm³/mol. The fraction of sp³-hybridized carbons (Fsp3) is 0.0526. The Morgan fingerprint density at radius 1 is 0.792 bits per heavy atom. The van der Waals surface area contributed by atoms with Crippen LogP contribution in [0, 0.1) is 0 Å². The summed E-state index contributed by atoms with van der Waals surface area (Å²) in [6, 6.07) is 39.2. The Morgan fingerprint density at radius 2 is 1.52 bits per heavy atom. The lowest BCUT2D eigenvalue weighted by atomic mass is 10.0. The number of thioether (sulfide) groups is 1. The Balaban J connectivity index is 1.13. The van der Waals surface area contributed by atoms with Gasteiger partial charge in [-0.1, -0.05) is 90.2 Å². The summed E-state index contributed by atoms with van der Waals surface area (Å²) in [5.74, 6) is -0.217. The summed E-state index contributed by atoms with van der Waals surface area (Å²) in [5, 5.41) is 9.04. The maximum atomic E-state index is 13.6. The summed E-state index contributed by atoms with van der Waals surface area (Å²) in [4.78, 5) is 44.6. The number of carbonyl (C=O) groups excluding carboxylic acids is 3. The number of benzene rings is 5. The van der Waals surface area contributed by atoms with Crippen LogP contribution in [-0.4, -0.2) is 35.6 Å². The molecule has 6 rings (SSSR count). The zero-order valence-electron chi connectivity index (χ0n) is 25.8. The molecule has 10 heteroatoms. The van der Waals surface area contributed by atoms with Crippen molar-refractivity contribution in [2.45, 2.75) is 4.90 Å². The van der Waals surface area contributed by atoms with Crippen LogP contribution in [0.5, 0.6) is 5.75 Å². The zero-order chi connectivity index (χ0) is 33.3. The molecule has 0 unspecified atom stereocenters. The van der Waals surface area contributed by atoms with Crippen molar-refractivity contribution in [2.24, 2.45) is 0 Å². The first-order valence-corrected chi connectivity index (χ1v) is 16.8. The zero-order valence-corrected chi connectivity index (χ0v) is 27.4. The largest absolute Gasteiger partial charge is 0.497 e. The standard InChI is InChI=1S/C38H30N4O4S2/c1-46-30-19-20-32-34(23-30)48-38(41-32)42-35(43)24-47-31-14-8-13-29(22-31)39-37(45)33(40-36(44)28-11-6-3-7-12-28)21-25-15-17-27(18-16-25)26-9-4-2-5-10-26/h2-23H,24H2,1H3,(H,39,45)(H,40,44)(H,41,42,43)/b33-21+. The molecule has 48 heavy (non-hydrogen) atoms. The average molecular weight is 671 g/mol. The summed E-state index contributed by atoms with van der Waals surface area (Å²) in [6.45, 7) is 0. The van der Waals surface area contributed by atoms with E-state index in [-0.39, 0.29) is 17.4 Å². The number of ether oxygens (including phenoxy) is 1. The Hall–Kier alpha value is -5.71. The van der Waals surface area contributed by atoms with Gasteiger partial charge in [-0.05, 0) is 71.3 Å². The van der Waals surface area contributed by atoms with Crippen molar-refractivity contribution in [1.82, 2.24) is 10.3 Å². The summed E-state index contributed by atoms with van der Waals surface area (Å²) in [6.07, 6.45) is 1.64. The number of thiazole rings is 1. The molecule has 0 fully saturated rings. The Kier molecular flexibility index (Phi) is 10.2. The van der Waals surface area contributed by atoms with E-state index in [1.165, 1.54) is 23.1 Å². The van der Waals surface area contributed by atoms with Gasteiger partial charge in [0.05, 0.1) is 23.1 Å². The summed E-state index contributed by atoms with van der Waals surface area (Å²) in [5.41, 5.74) is 4.68. The number of carbonyl (C=O) groups is 3. The van der Waals surface area contributed by atoms with E-state index in [0.717, 1.165) is 37.6 Å². The van der Waals surface area contributed by atoms with Gasteiger partial charge in [-0.2, -0.15) is 0 Å². The molecule has 0 aliphatic heterocycles. The van der Waals surface area contributed by atoms with Crippen LogP contribution in [0.15, 0.2) is 138 Å². The van der Waals surface area contributed by atoms with Crippen molar-refractivity contribution in [3.05, 3.63) is 144 Å². The van der Waals surface area contributed by atoms with Gasteiger partial charge < -0.3 is 20.7 Å². The van der Waals surface area contributed by atoms with Crippen molar-refractivity contribution < 1.29 is 19.1 Å². The van der Waals surface area contributed by atoms with Crippen molar-refractivity contribution >= 4 is 67.9 Å². The van der Waals surface area contributed by atoms with Crippen molar-refractivity contribution in [3.8, 4) is 16.9 Å². The Labute approximate surface area is 285 Å². The number of anilines is 2. The number of methoxy groups -OCH3 is 1. The van der Waals surface area contributed by atoms with Crippen molar-refractivity contribution in [3.63, 3.8) is 0 Å². The van der Waals surface area contributed by atoms with E-state index in [2.05, 4.69) is 20.9 Å². The smallest absolute Gasteiger partial charge is 0.272 e. The van der Waals surface area contributed by atoms with Crippen LogP contribution in [0.3, 0.4) is 0 Å². The minimum atomic E-state index is -0.487. The topological polar surface area (TPSA) is 109 Å². The monoisotopic (exact) mass is 670 g/mol. The molecule has 6 aromatic rings. The maximum absolute atomic E-state index is 13.6. The summed E-state index contributed by atoms with van der Waals surface area (Å²) >= 11 is 2.71. The van der Waals surface area contributed by atoms with E-state index in [9.17, 15) is 14.4 Å². The van der Waals surface area contributed by atoms with Gasteiger partial charge in [0.15, 0.2) is 5.13 Å². The molecule has 238 valence electrons. The molecular weight excluding hydrogens is 641 g/mol. The SMILES string of the molecule is COc1ccc2nc(NC(=O)CSc3cccc(NC(=O)/C(=C\c4ccc(-c5ccccc5)cc4)NC(=O)c4ccccc4)c3)sc2c1. The van der Waals surface area contributed by atoms with Crippen LogP contribution in [0.1, 0.15) is 15.9 Å². The van der Waals surface area contributed by atoms with Crippen LogP contribution < -0.4 is 20.7 Å². The average Bonchev–Trinajstić information content (AvgIpc) is 3.53. The second-order valence-electron chi connectivity index (χ2n) is 10.5. The summed E-state index contributed by atoms with van der Waals surface area (Å²) < 4.78 is 6.18. The molecule has 8 nitrogen and oxygen atoms in total. The van der Waals surface area contributed by atoms with E-state index >= 15 is 0 Å². The second kappa shape index (κ2) is 15.3. The molecule has 0 aliphatic carbocycles. The van der Waals surface area contributed by atoms with Crippen LogP contribution in [0.4, 0.5) is 10.8 Å². The van der Waals surface area contributed by atoms with E-state index < -0.39 is 11.8 Å². The molecule has 5 aromatic carbocycles. The van der Waals surface area contributed by atoms with Crippen LogP contribution in [0.2, 0.25) is 0 Å². The van der Waals surface area contributed by atoms with Gasteiger partial charge in [-0.25, -0.2) is 4.98 Å². The molecule has 0 atom stereocenters. The Bertz CT molecular complexity index is 2100. The second-order valence-corrected chi connectivity index (χ2v) is 12.6. The predicted octanol–water partition coefficient (Wildman–Crippen LogP) is 8.11. The normalized spacial score (nSPS) is 11.1. The third kappa shape index (κ3) is 8.35. The first-order valence-electron chi connectivity index (χ1n) is 15.0. The Morgan fingerprint density at radius 3 is 2.27 bits per heavy atom. The molecule has 0 aliphatic rings. The van der Waals surface area contributed by atoms with Gasteiger partial charge in [-0.3, -0.25) is 14.4 Å². The lowest BCUT2D eigenvalue weighted by molar-refractivity contribution is -0.114. The number of rotatable bonds is 11. The third-order valence-corrected chi connectivity index (χ3v) is 9.09.